The van der Waals surface area contributed by atoms with Gasteiger partial charge in [0.25, 0.3) is 0 Å². The topological polar surface area (TPSA) is 78.9 Å². The highest BCUT2D eigenvalue weighted by Gasteiger charge is 2.48. The SMILES string of the molecule is CCC(C)(C)N(C)C(=O)C1(C(N)=NO)CCCC1. The molecule has 1 amide bonds. The summed E-state index contributed by atoms with van der Waals surface area (Å²) in [5.74, 6) is 0.0332. The van der Waals surface area contributed by atoms with Crippen molar-refractivity contribution in [2.45, 2.75) is 58.4 Å². The van der Waals surface area contributed by atoms with Gasteiger partial charge in [0.05, 0.1) is 0 Å². The molecule has 1 rings (SSSR count). The number of amidine groups is 1. The van der Waals surface area contributed by atoms with Gasteiger partial charge in [-0.2, -0.15) is 0 Å². The van der Waals surface area contributed by atoms with E-state index in [0.717, 1.165) is 19.3 Å². The van der Waals surface area contributed by atoms with E-state index in [4.69, 9.17) is 10.9 Å². The van der Waals surface area contributed by atoms with Crippen LogP contribution < -0.4 is 5.73 Å². The van der Waals surface area contributed by atoms with Crippen LogP contribution in [0, 0.1) is 5.41 Å². The van der Waals surface area contributed by atoms with Crippen molar-refractivity contribution in [1.29, 1.82) is 0 Å². The van der Waals surface area contributed by atoms with Crippen LogP contribution in [0.15, 0.2) is 5.16 Å². The molecule has 104 valence electrons. The van der Waals surface area contributed by atoms with Crippen molar-refractivity contribution >= 4 is 11.7 Å². The minimum Gasteiger partial charge on any atom is -0.409 e. The molecule has 5 heteroatoms. The number of carbonyl (C=O) groups excluding carboxylic acids is 1. The van der Waals surface area contributed by atoms with Gasteiger partial charge in [-0.3, -0.25) is 4.79 Å². The molecule has 0 aromatic carbocycles. The largest absolute Gasteiger partial charge is 0.409 e. The van der Waals surface area contributed by atoms with Gasteiger partial charge in [0.1, 0.15) is 5.41 Å². The van der Waals surface area contributed by atoms with E-state index in [-0.39, 0.29) is 17.3 Å². The molecule has 0 spiro atoms. The van der Waals surface area contributed by atoms with Gasteiger partial charge in [0.2, 0.25) is 5.91 Å². The summed E-state index contributed by atoms with van der Waals surface area (Å²) in [5, 5.41) is 12.0. The molecule has 0 atom stereocenters. The maximum Gasteiger partial charge on any atom is 0.236 e. The average Bonchev–Trinajstić information content (AvgIpc) is 2.86. The molecule has 1 aliphatic carbocycles. The summed E-state index contributed by atoms with van der Waals surface area (Å²) >= 11 is 0. The Hall–Kier alpha value is -1.26. The van der Waals surface area contributed by atoms with Crippen molar-refractivity contribution in [3.05, 3.63) is 0 Å². The Morgan fingerprint density at radius 3 is 2.33 bits per heavy atom. The van der Waals surface area contributed by atoms with E-state index in [1.54, 1.807) is 11.9 Å². The van der Waals surface area contributed by atoms with Gasteiger partial charge in [-0.05, 0) is 33.1 Å². The van der Waals surface area contributed by atoms with Gasteiger partial charge < -0.3 is 15.8 Å². The van der Waals surface area contributed by atoms with Gasteiger partial charge in [0.15, 0.2) is 5.84 Å². The summed E-state index contributed by atoms with van der Waals surface area (Å²) in [6.45, 7) is 6.11. The zero-order valence-corrected chi connectivity index (χ0v) is 11.9. The molecular formula is C13H25N3O2. The van der Waals surface area contributed by atoms with E-state index in [2.05, 4.69) is 12.1 Å². The Bertz CT molecular complexity index is 344. The number of rotatable bonds is 4. The first-order valence-corrected chi connectivity index (χ1v) is 6.58. The zero-order chi connectivity index (χ0) is 14.0. The third-order valence-corrected chi connectivity index (χ3v) is 4.54. The molecule has 0 bridgehead atoms. The molecule has 0 aromatic heterocycles. The number of oxime groups is 1. The van der Waals surface area contributed by atoms with Crippen LogP contribution in [0.25, 0.3) is 0 Å². The first-order chi connectivity index (χ1) is 8.31. The number of nitrogens with zero attached hydrogens (tertiary/aromatic N) is 2. The normalized spacial score (nSPS) is 19.9. The highest BCUT2D eigenvalue weighted by atomic mass is 16.4. The lowest BCUT2D eigenvalue weighted by Crippen LogP contribution is -2.54. The summed E-state index contributed by atoms with van der Waals surface area (Å²) in [6, 6.07) is 0. The molecule has 1 aliphatic rings. The van der Waals surface area contributed by atoms with Crippen molar-refractivity contribution in [2.24, 2.45) is 16.3 Å². The highest BCUT2D eigenvalue weighted by molar-refractivity contribution is 6.07. The second-order valence-electron chi connectivity index (χ2n) is 5.80. The predicted octanol–water partition coefficient (Wildman–Crippen LogP) is 1.94. The number of nitrogens with two attached hydrogens (primary N) is 1. The summed E-state index contributed by atoms with van der Waals surface area (Å²) < 4.78 is 0. The van der Waals surface area contributed by atoms with Crippen molar-refractivity contribution in [1.82, 2.24) is 4.90 Å². The van der Waals surface area contributed by atoms with Crippen molar-refractivity contribution in [2.75, 3.05) is 7.05 Å². The first kappa shape index (κ1) is 14.8. The highest BCUT2D eigenvalue weighted by Crippen LogP contribution is 2.41. The summed E-state index contributed by atoms with van der Waals surface area (Å²) in [5.41, 5.74) is 4.77. The van der Waals surface area contributed by atoms with Crippen LogP contribution in [0.2, 0.25) is 0 Å². The van der Waals surface area contributed by atoms with Crippen LogP contribution >= 0.6 is 0 Å². The van der Waals surface area contributed by atoms with Crippen LogP contribution in [0.5, 0.6) is 0 Å². The number of hydrogen-bond acceptors (Lipinski definition) is 3. The minimum atomic E-state index is -0.796. The third kappa shape index (κ3) is 2.31. The maximum absolute atomic E-state index is 12.7. The minimum absolute atomic E-state index is 0.0258. The van der Waals surface area contributed by atoms with E-state index in [9.17, 15) is 4.79 Å². The van der Waals surface area contributed by atoms with Crippen molar-refractivity contribution in [3.63, 3.8) is 0 Å². The van der Waals surface area contributed by atoms with Gasteiger partial charge in [-0.1, -0.05) is 24.9 Å². The predicted molar refractivity (Wildman–Crippen MR) is 71.4 cm³/mol. The van der Waals surface area contributed by atoms with E-state index in [0.29, 0.717) is 12.8 Å². The Morgan fingerprint density at radius 2 is 1.94 bits per heavy atom. The fraction of sp³-hybridized carbons (Fsp3) is 0.846. The lowest BCUT2D eigenvalue weighted by molar-refractivity contribution is -0.142. The van der Waals surface area contributed by atoms with Crippen molar-refractivity contribution in [3.8, 4) is 0 Å². The van der Waals surface area contributed by atoms with Crippen LogP contribution in [-0.4, -0.2) is 34.4 Å². The Kier molecular flexibility index (Phi) is 4.24. The van der Waals surface area contributed by atoms with Gasteiger partial charge in [0, 0.05) is 12.6 Å². The van der Waals surface area contributed by atoms with Crippen LogP contribution in [-0.2, 0) is 4.79 Å². The van der Waals surface area contributed by atoms with E-state index < -0.39 is 5.41 Å². The van der Waals surface area contributed by atoms with E-state index >= 15 is 0 Å². The average molecular weight is 255 g/mol. The van der Waals surface area contributed by atoms with Gasteiger partial charge >= 0.3 is 0 Å². The maximum atomic E-state index is 12.7. The van der Waals surface area contributed by atoms with E-state index in [1.807, 2.05) is 13.8 Å². The quantitative estimate of drug-likeness (QED) is 0.349. The lowest BCUT2D eigenvalue weighted by atomic mass is 9.81. The number of hydrogen-bond donors (Lipinski definition) is 2. The first-order valence-electron chi connectivity index (χ1n) is 6.58. The smallest absolute Gasteiger partial charge is 0.236 e. The molecule has 0 aromatic rings. The van der Waals surface area contributed by atoms with Gasteiger partial charge in [-0.15, -0.1) is 0 Å². The molecule has 1 saturated carbocycles. The Labute approximate surface area is 109 Å². The number of carbonyl (C=O) groups is 1. The molecule has 1 fully saturated rings. The second kappa shape index (κ2) is 5.16. The monoisotopic (exact) mass is 255 g/mol. The van der Waals surface area contributed by atoms with Crippen LogP contribution in [0.1, 0.15) is 52.9 Å². The molecular weight excluding hydrogens is 230 g/mol. The number of amides is 1. The summed E-state index contributed by atoms with van der Waals surface area (Å²) in [4.78, 5) is 14.5. The molecule has 0 heterocycles. The van der Waals surface area contributed by atoms with Crippen LogP contribution in [0.4, 0.5) is 0 Å². The molecule has 3 N–H and O–H groups in total. The zero-order valence-electron chi connectivity index (χ0n) is 11.9. The molecule has 0 aliphatic heterocycles. The fourth-order valence-corrected chi connectivity index (χ4v) is 2.49. The standard InChI is InChI=1S/C13H25N3O2/c1-5-12(2,3)16(4)11(17)13(10(14)15-18)8-6-7-9-13/h18H,5-9H2,1-4H3,(H2,14,15). The molecule has 0 saturated heterocycles. The Balaban J connectivity index is 3.05. The molecule has 0 unspecified atom stereocenters. The fourth-order valence-electron chi connectivity index (χ4n) is 2.49. The molecule has 18 heavy (non-hydrogen) atoms. The third-order valence-electron chi connectivity index (χ3n) is 4.54. The van der Waals surface area contributed by atoms with Gasteiger partial charge in [-0.25, -0.2) is 0 Å². The van der Waals surface area contributed by atoms with E-state index in [1.165, 1.54) is 0 Å². The lowest BCUT2D eigenvalue weighted by Gasteiger charge is -2.40. The van der Waals surface area contributed by atoms with Crippen molar-refractivity contribution < 1.29 is 10.0 Å². The Morgan fingerprint density at radius 1 is 1.44 bits per heavy atom. The molecule has 5 nitrogen and oxygen atoms in total. The summed E-state index contributed by atoms with van der Waals surface area (Å²) in [6.07, 6.45) is 4.10. The summed E-state index contributed by atoms with van der Waals surface area (Å²) in [7, 11) is 1.80. The second-order valence-corrected chi connectivity index (χ2v) is 5.80. The van der Waals surface area contributed by atoms with Crippen LogP contribution in [0.3, 0.4) is 0 Å². The molecule has 0 radical (unpaired) electrons.